The molecule has 1 aliphatic rings. The molecule has 1 saturated carbocycles. The Kier molecular flexibility index (Phi) is 4.30. The van der Waals surface area contributed by atoms with Crippen molar-refractivity contribution >= 4 is 23.3 Å². The second-order valence-electron chi connectivity index (χ2n) is 5.54. The number of pyridine rings is 1. The summed E-state index contributed by atoms with van der Waals surface area (Å²) in [7, 11) is 0. The van der Waals surface area contributed by atoms with Crippen molar-refractivity contribution in [2.45, 2.75) is 39.2 Å². The molecule has 1 aliphatic carbocycles. The summed E-state index contributed by atoms with van der Waals surface area (Å²) in [6.45, 7) is 4.51. The summed E-state index contributed by atoms with van der Waals surface area (Å²) < 4.78 is 0. The predicted molar refractivity (Wildman–Crippen MR) is 77.1 cm³/mol. The van der Waals surface area contributed by atoms with Crippen LogP contribution in [0.5, 0.6) is 0 Å². The number of hydrogen-bond donors (Lipinski definition) is 2. The number of hydrogen-bond acceptors (Lipinski definition) is 3. The van der Waals surface area contributed by atoms with E-state index in [0.29, 0.717) is 11.5 Å². The number of carbonyl (C=O) groups excluding carboxylic acids is 1. The number of nitrogens with two attached hydrogens (primary N) is 1. The van der Waals surface area contributed by atoms with Gasteiger partial charge in [-0.15, -0.1) is 0 Å². The minimum absolute atomic E-state index is 0.122. The monoisotopic (exact) mass is 281 g/mol. The van der Waals surface area contributed by atoms with Gasteiger partial charge in [-0.25, -0.2) is 4.98 Å². The first-order chi connectivity index (χ1) is 8.95. The fraction of sp³-hybridized carbons (Fsp3) is 0.571. The van der Waals surface area contributed by atoms with E-state index in [1.165, 1.54) is 0 Å². The fourth-order valence-corrected chi connectivity index (χ4v) is 2.81. The molecule has 1 amide bonds. The third kappa shape index (κ3) is 3.60. The van der Waals surface area contributed by atoms with Crippen molar-refractivity contribution in [1.29, 1.82) is 0 Å². The van der Waals surface area contributed by atoms with Crippen molar-refractivity contribution in [1.82, 2.24) is 10.3 Å². The third-order valence-electron chi connectivity index (χ3n) is 4.01. The minimum atomic E-state index is -0.122. The lowest BCUT2D eigenvalue weighted by molar-refractivity contribution is 0.0910. The Balaban J connectivity index is 2.01. The lowest BCUT2D eigenvalue weighted by Crippen LogP contribution is -2.39. The Bertz CT molecular complexity index is 458. The van der Waals surface area contributed by atoms with E-state index in [4.69, 9.17) is 17.3 Å². The lowest BCUT2D eigenvalue weighted by atomic mass is 9.79. The van der Waals surface area contributed by atoms with Crippen molar-refractivity contribution in [3.05, 3.63) is 22.8 Å². The summed E-state index contributed by atoms with van der Waals surface area (Å²) in [5.41, 5.74) is 6.07. The summed E-state index contributed by atoms with van der Waals surface area (Å²) in [6, 6.07) is 3.34. The van der Waals surface area contributed by atoms with E-state index >= 15 is 0 Å². The summed E-state index contributed by atoms with van der Waals surface area (Å²) in [4.78, 5) is 16.0. The number of amides is 1. The molecular weight excluding hydrogens is 262 g/mol. The molecule has 3 N–H and O–H groups in total. The van der Waals surface area contributed by atoms with E-state index in [9.17, 15) is 4.79 Å². The zero-order valence-electron chi connectivity index (χ0n) is 11.3. The number of rotatable bonds is 2. The molecule has 0 bridgehead atoms. The van der Waals surface area contributed by atoms with Crippen LogP contribution in [0.4, 0.5) is 5.82 Å². The van der Waals surface area contributed by atoms with Crippen molar-refractivity contribution in [2.24, 2.45) is 11.8 Å². The summed E-state index contributed by atoms with van der Waals surface area (Å²) in [5, 5.41) is 3.31. The molecule has 1 fully saturated rings. The van der Waals surface area contributed by atoms with Crippen molar-refractivity contribution in [3.63, 3.8) is 0 Å². The second kappa shape index (κ2) is 5.78. The average molecular weight is 282 g/mol. The van der Waals surface area contributed by atoms with Gasteiger partial charge in [0.25, 0.3) is 5.91 Å². The van der Waals surface area contributed by atoms with E-state index in [2.05, 4.69) is 24.1 Å². The Morgan fingerprint density at radius 2 is 2.11 bits per heavy atom. The Hall–Kier alpha value is -1.29. The van der Waals surface area contributed by atoms with Gasteiger partial charge in [-0.2, -0.15) is 0 Å². The largest absolute Gasteiger partial charge is 0.384 e. The highest BCUT2D eigenvalue weighted by Crippen LogP contribution is 2.29. The molecule has 5 heteroatoms. The van der Waals surface area contributed by atoms with Crippen molar-refractivity contribution in [2.75, 3.05) is 5.73 Å². The quantitative estimate of drug-likeness (QED) is 0.819. The Labute approximate surface area is 118 Å². The molecular formula is C14H20ClN3O. The Morgan fingerprint density at radius 3 is 2.74 bits per heavy atom. The van der Waals surface area contributed by atoms with Gasteiger partial charge in [-0.1, -0.05) is 25.4 Å². The van der Waals surface area contributed by atoms with Gasteiger partial charge in [0.05, 0.1) is 0 Å². The number of nitrogen functional groups attached to an aromatic ring is 1. The number of carbonyl (C=O) groups is 1. The van der Waals surface area contributed by atoms with Crippen LogP contribution in [0, 0.1) is 11.8 Å². The molecule has 0 saturated heterocycles. The summed E-state index contributed by atoms with van der Waals surface area (Å²) in [5.74, 6) is 1.52. The van der Waals surface area contributed by atoms with Crippen molar-refractivity contribution < 1.29 is 4.79 Å². The second-order valence-corrected chi connectivity index (χ2v) is 5.93. The summed E-state index contributed by atoms with van der Waals surface area (Å²) >= 11 is 5.81. The minimum Gasteiger partial charge on any atom is -0.384 e. The average Bonchev–Trinajstić information content (AvgIpc) is 2.32. The van der Waals surface area contributed by atoms with Crippen LogP contribution in [0.25, 0.3) is 0 Å². The summed E-state index contributed by atoms with van der Waals surface area (Å²) in [6.07, 6.45) is 3.22. The van der Waals surface area contributed by atoms with Gasteiger partial charge in [-0.3, -0.25) is 4.79 Å². The molecule has 1 aromatic heterocycles. The van der Waals surface area contributed by atoms with Gasteiger partial charge in [0.1, 0.15) is 11.0 Å². The molecule has 0 spiro atoms. The van der Waals surface area contributed by atoms with E-state index in [0.717, 1.165) is 25.2 Å². The standard InChI is InChI=1S/C14H20ClN3O/c1-8-3-4-11(5-9(8)2)17-14(19)10-6-12(15)18-13(16)7-10/h6-9,11H,3-5H2,1-2H3,(H2,16,18)(H,17,19). The number of nitrogens with one attached hydrogen (secondary N) is 1. The first-order valence-electron chi connectivity index (χ1n) is 6.69. The molecule has 0 aliphatic heterocycles. The topological polar surface area (TPSA) is 68.0 Å². The van der Waals surface area contributed by atoms with Crippen molar-refractivity contribution in [3.8, 4) is 0 Å². The fourth-order valence-electron chi connectivity index (χ4n) is 2.60. The smallest absolute Gasteiger partial charge is 0.251 e. The zero-order chi connectivity index (χ0) is 14.0. The SMILES string of the molecule is CC1CCC(NC(=O)c2cc(N)nc(Cl)c2)CC1C. The molecule has 3 unspecified atom stereocenters. The predicted octanol–water partition coefficient (Wildman–Crippen LogP) is 2.87. The maximum absolute atomic E-state index is 12.2. The first kappa shape index (κ1) is 14.1. The number of halogens is 1. The maximum Gasteiger partial charge on any atom is 0.251 e. The van der Waals surface area contributed by atoms with Crippen LogP contribution in [-0.2, 0) is 0 Å². The highest BCUT2D eigenvalue weighted by atomic mass is 35.5. The maximum atomic E-state index is 12.2. The first-order valence-corrected chi connectivity index (χ1v) is 7.07. The van der Waals surface area contributed by atoms with Gasteiger partial charge >= 0.3 is 0 Å². The van der Waals surface area contributed by atoms with Gasteiger partial charge in [0.2, 0.25) is 0 Å². The molecule has 4 nitrogen and oxygen atoms in total. The third-order valence-corrected chi connectivity index (χ3v) is 4.20. The van der Waals surface area contributed by atoms with E-state index in [-0.39, 0.29) is 22.9 Å². The molecule has 3 atom stereocenters. The molecule has 0 radical (unpaired) electrons. The molecule has 104 valence electrons. The molecule has 2 rings (SSSR count). The molecule has 0 aromatic carbocycles. The molecule has 1 heterocycles. The van der Waals surface area contributed by atoms with Gasteiger partial charge in [-0.05, 0) is 43.2 Å². The van der Waals surface area contributed by atoms with E-state index in [1.807, 2.05) is 0 Å². The molecule has 19 heavy (non-hydrogen) atoms. The number of aromatic nitrogens is 1. The Morgan fingerprint density at radius 1 is 1.37 bits per heavy atom. The lowest BCUT2D eigenvalue weighted by Gasteiger charge is -2.32. The molecule has 1 aromatic rings. The normalized spacial score (nSPS) is 27.0. The number of anilines is 1. The van der Waals surface area contributed by atoms with Crippen LogP contribution in [-0.4, -0.2) is 16.9 Å². The van der Waals surface area contributed by atoms with E-state index < -0.39 is 0 Å². The van der Waals surface area contributed by atoms with Crippen LogP contribution in [0.2, 0.25) is 5.15 Å². The number of nitrogens with zero attached hydrogens (tertiary/aromatic N) is 1. The van der Waals surface area contributed by atoms with Gasteiger partial charge in [0.15, 0.2) is 0 Å². The van der Waals surface area contributed by atoms with Crippen LogP contribution in [0.3, 0.4) is 0 Å². The van der Waals surface area contributed by atoms with Gasteiger partial charge < -0.3 is 11.1 Å². The van der Waals surface area contributed by atoms with Crippen LogP contribution >= 0.6 is 11.6 Å². The zero-order valence-corrected chi connectivity index (χ0v) is 12.1. The van der Waals surface area contributed by atoms with Crippen LogP contribution in [0.15, 0.2) is 12.1 Å². The highest BCUT2D eigenvalue weighted by Gasteiger charge is 2.25. The van der Waals surface area contributed by atoms with Crippen LogP contribution in [0.1, 0.15) is 43.5 Å². The van der Waals surface area contributed by atoms with Gasteiger partial charge in [0, 0.05) is 11.6 Å². The highest BCUT2D eigenvalue weighted by molar-refractivity contribution is 6.29. The van der Waals surface area contributed by atoms with Crippen LogP contribution < -0.4 is 11.1 Å². The van der Waals surface area contributed by atoms with E-state index in [1.54, 1.807) is 12.1 Å².